The summed E-state index contributed by atoms with van der Waals surface area (Å²) in [6.45, 7) is 2.41. The molecular weight excluding hydrogens is 308 g/mol. The Balaban J connectivity index is 1.52. The van der Waals surface area contributed by atoms with Crippen LogP contribution in [-0.2, 0) is 18.3 Å². The Morgan fingerprint density at radius 1 is 1.33 bits per heavy atom. The molecule has 1 aliphatic rings. The third kappa shape index (κ3) is 3.22. The average molecular weight is 328 g/mol. The van der Waals surface area contributed by atoms with Gasteiger partial charge in [0.2, 0.25) is 5.91 Å². The smallest absolute Gasteiger partial charge is 0.315 e. The minimum Gasteiger partial charge on any atom is -0.329 e. The summed E-state index contributed by atoms with van der Waals surface area (Å²) in [6, 6.07) is 7.10. The molecule has 1 aromatic heterocycles. The van der Waals surface area contributed by atoms with Gasteiger partial charge in [0.15, 0.2) is 5.82 Å². The number of aromatic nitrogens is 3. The van der Waals surface area contributed by atoms with Gasteiger partial charge in [-0.1, -0.05) is 18.2 Å². The largest absolute Gasteiger partial charge is 0.329 e. The molecule has 2 heterocycles. The Kier molecular flexibility index (Phi) is 4.45. The molecule has 8 heteroatoms. The molecule has 2 aromatic rings. The van der Waals surface area contributed by atoms with Gasteiger partial charge in [-0.2, -0.15) is 0 Å². The first kappa shape index (κ1) is 16.0. The Labute approximate surface area is 139 Å². The number of fused-ring (bicyclic) bond motifs is 1. The summed E-state index contributed by atoms with van der Waals surface area (Å²) in [5.74, 6) is 0.520. The van der Waals surface area contributed by atoms with E-state index in [-0.39, 0.29) is 18.5 Å². The van der Waals surface area contributed by atoms with E-state index in [0.29, 0.717) is 12.4 Å². The summed E-state index contributed by atoms with van der Waals surface area (Å²) in [5, 5.41) is 13.1. The first-order valence-corrected chi connectivity index (χ1v) is 7.83. The number of urea groups is 1. The molecule has 0 unspecified atom stereocenters. The number of amides is 3. The van der Waals surface area contributed by atoms with Crippen molar-refractivity contribution in [2.75, 3.05) is 18.0 Å². The maximum absolute atomic E-state index is 12.3. The highest BCUT2D eigenvalue weighted by Crippen LogP contribution is 2.27. The molecule has 0 saturated carbocycles. The SMILES string of the molecule is C[C@@H](NC(=O)NCC(=O)N1CCc2ccccc21)c1nncn1C. The van der Waals surface area contributed by atoms with Gasteiger partial charge >= 0.3 is 6.03 Å². The Morgan fingerprint density at radius 2 is 2.12 bits per heavy atom. The topological polar surface area (TPSA) is 92.2 Å². The summed E-state index contributed by atoms with van der Waals surface area (Å²) >= 11 is 0. The first-order valence-electron chi connectivity index (χ1n) is 7.83. The summed E-state index contributed by atoms with van der Waals surface area (Å²) in [5.41, 5.74) is 2.09. The minimum absolute atomic E-state index is 0.0499. The van der Waals surface area contributed by atoms with Crippen molar-refractivity contribution in [2.45, 2.75) is 19.4 Å². The number of hydrogen-bond donors (Lipinski definition) is 2. The third-order valence-electron chi connectivity index (χ3n) is 4.07. The van der Waals surface area contributed by atoms with E-state index < -0.39 is 6.03 Å². The lowest BCUT2D eigenvalue weighted by Crippen LogP contribution is -2.44. The Bertz CT molecular complexity index is 757. The van der Waals surface area contributed by atoms with Crippen molar-refractivity contribution in [3.63, 3.8) is 0 Å². The van der Waals surface area contributed by atoms with Crippen LogP contribution in [0.3, 0.4) is 0 Å². The van der Waals surface area contributed by atoms with Gasteiger partial charge in [-0.25, -0.2) is 4.79 Å². The number of benzene rings is 1. The predicted molar refractivity (Wildman–Crippen MR) is 88.5 cm³/mol. The molecule has 24 heavy (non-hydrogen) atoms. The van der Waals surface area contributed by atoms with Gasteiger partial charge in [-0.05, 0) is 25.0 Å². The monoisotopic (exact) mass is 328 g/mol. The van der Waals surface area contributed by atoms with Crippen molar-refractivity contribution in [1.82, 2.24) is 25.4 Å². The molecule has 1 aliphatic heterocycles. The van der Waals surface area contributed by atoms with E-state index in [4.69, 9.17) is 0 Å². The van der Waals surface area contributed by atoms with E-state index in [1.54, 1.807) is 22.8 Å². The van der Waals surface area contributed by atoms with Crippen LogP contribution in [0.5, 0.6) is 0 Å². The lowest BCUT2D eigenvalue weighted by molar-refractivity contribution is -0.117. The van der Waals surface area contributed by atoms with E-state index in [0.717, 1.165) is 17.7 Å². The predicted octanol–water partition coefficient (Wildman–Crippen LogP) is 0.765. The van der Waals surface area contributed by atoms with Crippen LogP contribution in [0.15, 0.2) is 30.6 Å². The van der Waals surface area contributed by atoms with Gasteiger partial charge in [-0.15, -0.1) is 10.2 Å². The highest BCUT2D eigenvalue weighted by Gasteiger charge is 2.24. The first-order chi connectivity index (χ1) is 11.6. The van der Waals surface area contributed by atoms with Crippen LogP contribution < -0.4 is 15.5 Å². The van der Waals surface area contributed by atoms with Crippen LogP contribution in [0, 0.1) is 0 Å². The molecule has 3 rings (SSSR count). The van der Waals surface area contributed by atoms with Crippen LogP contribution in [0.4, 0.5) is 10.5 Å². The lowest BCUT2D eigenvalue weighted by atomic mass is 10.2. The fourth-order valence-electron chi connectivity index (χ4n) is 2.85. The van der Waals surface area contributed by atoms with E-state index >= 15 is 0 Å². The Morgan fingerprint density at radius 3 is 2.88 bits per heavy atom. The number of para-hydroxylation sites is 1. The quantitative estimate of drug-likeness (QED) is 0.867. The number of nitrogens with one attached hydrogen (secondary N) is 2. The van der Waals surface area contributed by atoms with E-state index in [1.165, 1.54) is 0 Å². The van der Waals surface area contributed by atoms with Crippen molar-refractivity contribution >= 4 is 17.6 Å². The highest BCUT2D eigenvalue weighted by molar-refractivity contribution is 5.98. The maximum Gasteiger partial charge on any atom is 0.315 e. The zero-order valence-electron chi connectivity index (χ0n) is 13.7. The fraction of sp³-hybridized carbons (Fsp3) is 0.375. The number of rotatable bonds is 4. The second kappa shape index (κ2) is 6.69. The molecule has 0 spiro atoms. The summed E-state index contributed by atoms with van der Waals surface area (Å²) in [6.07, 6.45) is 2.41. The van der Waals surface area contributed by atoms with Gasteiger partial charge in [0.25, 0.3) is 0 Å². The van der Waals surface area contributed by atoms with Crippen molar-refractivity contribution in [1.29, 1.82) is 0 Å². The summed E-state index contributed by atoms with van der Waals surface area (Å²) in [4.78, 5) is 26.0. The zero-order valence-corrected chi connectivity index (χ0v) is 13.7. The van der Waals surface area contributed by atoms with Crippen molar-refractivity contribution < 1.29 is 9.59 Å². The molecule has 8 nitrogen and oxygen atoms in total. The van der Waals surface area contributed by atoms with Crippen molar-refractivity contribution in [3.05, 3.63) is 42.0 Å². The standard InChI is InChI=1S/C16H20N6O2/c1-11(15-20-18-10-21(15)2)19-16(24)17-9-14(23)22-8-7-12-5-3-4-6-13(12)22/h3-6,10-11H,7-9H2,1-2H3,(H2,17,19,24)/t11-/m1/s1. The van der Waals surface area contributed by atoms with E-state index in [9.17, 15) is 9.59 Å². The molecule has 0 fully saturated rings. The molecule has 0 aliphatic carbocycles. The van der Waals surface area contributed by atoms with Crippen LogP contribution in [-0.4, -0.2) is 39.8 Å². The number of hydrogen-bond acceptors (Lipinski definition) is 4. The fourth-order valence-corrected chi connectivity index (χ4v) is 2.85. The molecule has 1 aromatic carbocycles. The number of carbonyl (C=O) groups excluding carboxylic acids is 2. The average Bonchev–Trinajstić information content (AvgIpc) is 3.18. The number of aryl methyl sites for hydroxylation is 1. The second-order valence-corrected chi connectivity index (χ2v) is 5.77. The normalized spacial score (nSPS) is 14.2. The highest BCUT2D eigenvalue weighted by atomic mass is 16.2. The molecule has 0 saturated heterocycles. The number of nitrogens with zero attached hydrogens (tertiary/aromatic N) is 4. The van der Waals surface area contributed by atoms with Gasteiger partial charge in [0.05, 0.1) is 12.6 Å². The van der Waals surface area contributed by atoms with Crippen LogP contribution in [0.2, 0.25) is 0 Å². The molecule has 3 amide bonds. The minimum atomic E-state index is -0.411. The molecule has 0 bridgehead atoms. The molecular formula is C16H20N6O2. The van der Waals surface area contributed by atoms with Gasteiger partial charge in [0.1, 0.15) is 6.33 Å². The Hall–Kier alpha value is -2.90. The number of carbonyl (C=O) groups is 2. The van der Waals surface area contributed by atoms with Crippen molar-refractivity contribution in [2.24, 2.45) is 7.05 Å². The van der Waals surface area contributed by atoms with Crippen LogP contribution in [0.25, 0.3) is 0 Å². The lowest BCUT2D eigenvalue weighted by Gasteiger charge is -2.18. The van der Waals surface area contributed by atoms with Crippen LogP contribution >= 0.6 is 0 Å². The van der Waals surface area contributed by atoms with Gasteiger partial charge < -0.3 is 20.1 Å². The summed E-state index contributed by atoms with van der Waals surface area (Å²) in [7, 11) is 1.81. The van der Waals surface area contributed by atoms with Crippen LogP contribution in [0.1, 0.15) is 24.4 Å². The molecule has 0 radical (unpaired) electrons. The number of anilines is 1. The van der Waals surface area contributed by atoms with E-state index in [1.807, 2.05) is 31.2 Å². The van der Waals surface area contributed by atoms with E-state index in [2.05, 4.69) is 20.8 Å². The maximum atomic E-state index is 12.3. The van der Waals surface area contributed by atoms with Gasteiger partial charge in [0, 0.05) is 19.3 Å². The van der Waals surface area contributed by atoms with Crippen molar-refractivity contribution in [3.8, 4) is 0 Å². The second-order valence-electron chi connectivity index (χ2n) is 5.77. The molecule has 1 atom stereocenters. The van der Waals surface area contributed by atoms with Gasteiger partial charge in [-0.3, -0.25) is 4.79 Å². The third-order valence-corrected chi connectivity index (χ3v) is 4.07. The zero-order chi connectivity index (χ0) is 17.1. The summed E-state index contributed by atoms with van der Waals surface area (Å²) < 4.78 is 1.73. The molecule has 2 N–H and O–H groups in total. The molecule has 126 valence electrons.